The molecule has 6 nitrogen and oxygen atoms in total. The number of amides is 1. The quantitative estimate of drug-likeness (QED) is 0.755. The zero-order valence-electron chi connectivity index (χ0n) is 12.0. The Bertz CT molecular complexity index is 509. The van der Waals surface area contributed by atoms with Crippen molar-refractivity contribution in [3.63, 3.8) is 0 Å². The van der Waals surface area contributed by atoms with Crippen LogP contribution in [0.5, 0.6) is 0 Å². The first kappa shape index (κ1) is 16.7. The van der Waals surface area contributed by atoms with Gasteiger partial charge >= 0.3 is 5.97 Å². The van der Waals surface area contributed by atoms with Crippen LogP contribution < -0.4 is 10.4 Å². The minimum absolute atomic E-state index is 0.0909. The topological polar surface area (TPSA) is 95.5 Å². The van der Waals surface area contributed by atoms with Crippen LogP contribution in [0.1, 0.15) is 37.0 Å². The van der Waals surface area contributed by atoms with Crippen LogP contribution in [0.3, 0.4) is 0 Å². The minimum atomic E-state index is -1.17. The van der Waals surface area contributed by atoms with Crippen LogP contribution in [-0.2, 0) is 14.3 Å². The zero-order valence-corrected chi connectivity index (χ0v) is 12.0. The average Bonchev–Trinajstić information content (AvgIpc) is 2.38. The molecule has 0 aromatic heterocycles. The van der Waals surface area contributed by atoms with E-state index in [0.717, 1.165) is 0 Å². The van der Waals surface area contributed by atoms with E-state index in [1.54, 1.807) is 38.1 Å². The zero-order chi connectivity index (χ0) is 15.8. The first-order valence-corrected chi connectivity index (χ1v) is 6.69. The number of aliphatic carboxylic acids is 1. The predicted octanol–water partition coefficient (Wildman–Crippen LogP) is 0.968. The van der Waals surface area contributed by atoms with Gasteiger partial charge in [-0.3, -0.25) is 4.79 Å². The third-order valence-electron chi connectivity index (χ3n) is 2.73. The van der Waals surface area contributed by atoms with Gasteiger partial charge in [-0.1, -0.05) is 6.92 Å². The van der Waals surface area contributed by atoms with E-state index in [-0.39, 0.29) is 24.7 Å². The number of hydrogen-bond donors (Lipinski definition) is 1. The van der Waals surface area contributed by atoms with Crippen molar-refractivity contribution in [1.29, 1.82) is 0 Å². The van der Waals surface area contributed by atoms with Gasteiger partial charge in [-0.15, -0.1) is 0 Å². The molecule has 1 rings (SSSR count). The van der Waals surface area contributed by atoms with Crippen LogP contribution in [-0.4, -0.2) is 24.5 Å². The van der Waals surface area contributed by atoms with Gasteiger partial charge in [-0.25, -0.2) is 4.79 Å². The molecule has 0 aliphatic heterocycles. The van der Waals surface area contributed by atoms with E-state index in [1.165, 1.54) is 0 Å². The predicted molar refractivity (Wildman–Crippen MR) is 74.4 cm³/mol. The average molecular weight is 292 g/mol. The maximum atomic E-state index is 11.7. The third-order valence-corrected chi connectivity index (χ3v) is 2.73. The molecule has 114 valence electrons. The SMILES string of the molecule is CCOC(=O)c1ccc(NC(=O)CC(C)CC(=O)[O-])cc1. The van der Waals surface area contributed by atoms with Gasteiger partial charge in [-0.2, -0.15) is 0 Å². The molecule has 0 saturated carbocycles. The number of anilines is 1. The lowest BCUT2D eigenvalue weighted by molar-refractivity contribution is -0.306. The molecule has 0 heterocycles. The second-order valence-corrected chi connectivity index (χ2v) is 4.73. The lowest BCUT2D eigenvalue weighted by Gasteiger charge is -2.12. The van der Waals surface area contributed by atoms with Crippen LogP contribution >= 0.6 is 0 Å². The Morgan fingerprint density at radius 1 is 1.19 bits per heavy atom. The smallest absolute Gasteiger partial charge is 0.338 e. The van der Waals surface area contributed by atoms with Crippen molar-refractivity contribution in [1.82, 2.24) is 0 Å². The van der Waals surface area contributed by atoms with Crippen molar-refractivity contribution in [2.75, 3.05) is 11.9 Å². The van der Waals surface area contributed by atoms with Crippen molar-refractivity contribution in [2.45, 2.75) is 26.7 Å². The molecule has 21 heavy (non-hydrogen) atoms. The number of hydrogen-bond acceptors (Lipinski definition) is 5. The first-order chi connectivity index (χ1) is 9.92. The monoisotopic (exact) mass is 292 g/mol. The highest BCUT2D eigenvalue weighted by Gasteiger charge is 2.10. The molecular formula is C15H18NO5-. The Balaban J connectivity index is 2.53. The fourth-order valence-corrected chi connectivity index (χ4v) is 1.79. The molecule has 1 aromatic rings. The summed E-state index contributed by atoms with van der Waals surface area (Å²) in [6.07, 6.45) is -0.0666. The molecule has 0 fully saturated rings. The van der Waals surface area contributed by atoms with Crippen molar-refractivity contribution >= 4 is 23.5 Å². The van der Waals surface area contributed by atoms with Crippen LogP contribution in [0.15, 0.2) is 24.3 Å². The summed E-state index contributed by atoms with van der Waals surface area (Å²) in [6, 6.07) is 6.29. The maximum absolute atomic E-state index is 11.7. The summed E-state index contributed by atoms with van der Waals surface area (Å²) in [5.74, 6) is -2.17. The number of nitrogens with one attached hydrogen (secondary N) is 1. The standard InChI is InChI=1S/C15H19NO5/c1-3-21-15(20)11-4-6-12(7-5-11)16-13(17)8-10(2)9-14(18)19/h4-7,10H,3,8-9H2,1-2H3,(H,16,17)(H,18,19)/p-1. The Hall–Kier alpha value is -2.37. The van der Waals surface area contributed by atoms with Crippen molar-refractivity contribution in [3.8, 4) is 0 Å². The van der Waals surface area contributed by atoms with E-state index in [4.69, 9.17) is 4.74 Å². The second kappa shape index (κ2) is 8.04. The number of carbonyl (C=O) groups is 3. The van der Waals surface area contributed by atoms with E-state index < -0.39 is 11.9 Å². The summed E-state index contributed by atoms with van der Waals surface area (Å²) in [5.41, 5.74) is 0.939. The van der Waals surface area contributed by atoms with Crippen molar-refractivity contribution < 1.29 is 24.2 Å². The molecule has 1 atom stereocenters. The van der Waals surface area contributed by atoms with Gasteiger partial charge in [0.1, 0.15) is 0 Å². The molecule has 0 aliphatic rings. The molecule has 0 bridgehead atoms. The molecule has 0 saturated heterocycles. The van der Waals surface area contributed by atoms with E-state index in [1.807, 2.05) is 0 Å². The molecule has 6 heteroatoms. The summed E-state index contributed by atoms with van der Waals surface area (Å²) in [4.78, 5) is 33.6. The van der Waals surface area contributed by atoms with Gasteiger partial charge in [0.05, 0.1) is 12.2 Å². The Kier molecular flexibility index (Phi) is 6.39. The summed E-state index contributed by atoms with van der Waals surface area (Å²) < 4.78 is 4.85. The number of benzene rings is 1. The van der Waals surface area contributed by atoms with E-state index in [2.05, 4.69) is 5.32 Å². The van der Waals surface area contributed by atoms with Crippen molar-refractivity contribution in [2.24, 2.45) is 5.92 Å². The normalized spacial score (nSPS) is 11.5. The number of carbonyl (C=O) groups excluding carboxylic acids is 3. The fourth-order valence-electron chi connectivity index (χ4n) is 1.79. The Labute approximate surface area is 123 Å². The molecule has 0 spiro atoms. The summed E-state index contributed by atoms with van der Waals surface area (Å²) >= 11 is 0. The largest absolute Gasteiger partial charge is 0.550 e. The highest BCUT2D eigenvalue weighted by molar-refractivity contribution is 5.93. The lowest BCUT2D eigenvalue weighted by atomic mass is 10.0. The maximum Gasteiger partial charge on any atom is 0.338 e. The summed E-state index contributed by atoms with van der Waals surface area (Å²) in [6.45, 7) is 3.69. The summed E-state index contributed by atoms with van der Waals surface area (Å²) in [7, 11) is 0. The van der Waals surface area contributed by atoms with Gasteiger partial charge in [0, 0.05) is 18.1 Å². The highest BCUT2D eigenvalue weighted by atomic mass is 16.5. The molecule has 1 amide bonds. The number of ether oxygens (including phenoxy) is 1. The molecular weight excluding hydrogens is 274 g/mol. The third kappa shape index (κ3) is 6.07. The molecule has 1 aromatic carbocycles. The second-order valence-electron chi connectivity index (χ2n) is 4.73. The van der Waals surface area contributed by atoms with Gasteiger partial charge in [0.15, 0.2) is 0 Å². The van der Waals surface area contributed by atoms with Gasteiger partial charge in [-0.05, 0) is 43.5 Å². The van der Waals surface area contributed by atoms with Crippen LogP contribution in [0.4, 0.5) is 5.69 Å². The number of esters is 1. The minimum Gasteiger partial charge on any atom is -0.550 e. The Morgan fingerprint density at radius 2 is 1.81 bits per heavy atom. The molecule has 0 radical (unpaired) electrons. The van der Waals surface area contributed by atoms with Gasteiger partial charge in [0.25, 0.3) is 0 Å². The van der Waals surface area contributed by atoms with Crippen LogP contribution in [0, 0.1) is 5.92 Å². The molecule has 1 unspecified atom stereocenters. The number of carboxylic acid groups (broad SMARTS) is 1. The molecule has 1 N–H and O–H groups in total. The fraction of sp³-hybridized carbons (Fsp3) is 0.400. The number of carboxylic acids is 1. The van der Waals surface area contributed by atoms with E-state index >= 15 is 0 Å². The Morgan fingerprint density at radius 3 is 2.33 bits per heavy atom. The van der Waals surface area contributed by atoms with E-state index in [0.29, 0.717) is 17.9 Å². The van der Waals surface area contributed by atoms with E-state index in [9.17, 15) is 19.5 Å². The number of rotatable bonds is 7. The van der Waals surface area contributed by atoms with Crippen LogP contribution in [0.25, 0.3) is 0 Å². The van der Waals surface area contributed by atoms with Crippen LogP contribution in [0.2, 0.25) is 0 Å². The van der Waals surface area contributed by atoms with Crippen molar-refractivity contribution in [3.05, 3.63) is 29.8 Å². The summed E-state index contributed by atoms with van der Waals surface area (Å²) in [5, 5.41) is 13.1. The molecule has 0 aliphatic carbocycles. The van der Waals surface area contributed by atoms with Gasteiger partial charge in [0.2, 0.25) is 5.91 Å². The highest BCUT2D eigenvalue weighted by Crippen LogP contribution is 2.13. The first-order valence-electron chi connectivity index (χ1n) is 6.69. The van der Waals surface area contributed by atoms with Gasteiger partial charge < -0.3 is 20.0 Å². The lowest BCUT2D eigenvalue weighted by Crippen LogP contribution is -2.26.